The molecule has 2 unspecified atom stereocenters. The third-order valence-corrected chi connectivity index (χ3v) is 13.0. The highest BCUT2D eigenvalue weighted by atomic mass is 32.1. The number of hydrogen-bond acceptors (Lipinski definition) is 8. The normalized spacial score (nSPS) is 13.2. The molecule has 0 bridgehead atoms. The van der Waals surface area contributed by atoms with E-state index in [9.17, 15) is 10.2 Å². The van der Waals surface area contributed by atoms with E-state index in [-0.39, 0.29) is 0 Å². The Morgan fingerprint density at radius 1 is 0.431 bits per heavy atom. The number of thiophene rings is 2. The van der Waals surface area contributed by atoms with E-state index in [1.54, 1.807) is 22.7 Å². The molecule has 2 atom stereocenters. The zero-order chi connectivity index (χ0) is 46.1. The van der Waals surface area contributed by atoms with Gasteiger partial charge in [-0.1, -0.05) is 110 Å². The van der Waals surface area contributed by atoms with Crippen LogP contribution in [0.3, 0.4) is 0 Å². The van der Waals surface area contributed by atoms with Crippen molar-refractivity contribution in [2.45, 2.75) is 73.0 Å². The summed E-state index contributed by atoms with van der Waals surface area (Å²) >= 11 is 3.17. The highest BCUT2D eigenvalue weighted by molar-refractivity contribution is 7.08. The van der Waals surface area contributed by atoms with Gasteiger partial charge in [0, 0.05) is 11.1 Å². The summed E-state index contributed by atoms with van der Waals surface area (Å²) in [5, 5.41) is 36.0. The molecule has 0 aliphatic carbocycles. The summed E-state index contributed by atoms with van der Waals surface area (Å²) in [7, 11) is 0. The quantitative estimate of drug-likeness (QED) is 0.0700. The molecule has 0 saturated heterocycles. The fourth-order valence-corrected chi connectivity index (χ4v) is 9.09. The molecule has 0 aliphatic rings. The van der Waals surface area contributed by atoms with Crippen LogP contribution in [0.25, 0.3) is 22.3 Å². The van der Waals surface area contributed by atoms with Gasteiger partial charge in [-0.2, -0.15) is 22.7 Å². The Morgan fingerprint density at radius 3 is 0.969 bits per heavy atom. The van der Waals surface area contributed by atoms with Crippen LogP contribution < -0.4 is 18.9 Å². The molecule has 2 N–H and O–H groups in total. The van der Waals surface area contributed by atoms with E-state index in [0.717, 1.165) is 51.7 Å². The lowest BCUT2D eigenvalue weighted by atomic mass is 9.72. The first-order chi connectivity index (χ1) is 31.3. The summed E-state index contributed by atoms with van der Waals surface area (Å²) in [5.74, 6) is 4.44. The Labute approximate surface area is 394 Å². The summed E-state index contributed by atoms with van der Waals surface area (Å²) in [6, 6.07) is 39.5. The van der Waals surface area contributed by atoms with Crippen molar-refractivity contribution < 1.29 is 29.2 Å². The maximum Gasteiger partial charge on any atom is 0.141 e. The third kappa shape index (κ3) is 11.0. The molecular weight excluding hydrogens is 845 g/mol. The van der Waals surface area contributed by atoms with Crippen molar-refractivity contribution in [2.24, 2.45) is 23.7 Å². The number of rotatable bonds is 21. The monoisotopic (exact) mass is 908 g/mol. The maximum atomic E-state index is 13.9. The van der Waals surface area contributed by atoms with Crippen molar-refractivity contribution >= 4 is 22.7 Å². The SMILES string of the molecule is CCC(C)COc1ccc(C(O)(c2ccc(OCC(C)C)cc2)c2cc(-c3ccsc3)c(C(O)(c3ccc(OCC(C)C)cc3)c3ccc(OCC(C)C)cc3)cc2-c2ccsc2)cc1. The second-order valence-corrected chi connectivity index (χ2v) is 20.0. The molecule has 5 aromatic carbocycles. The molecule has 2 aromatic heterocycles. The van der Waals surface area contributed by atoms with E-state index >= 15 is 0 Å². The van der Waals surface area contributed by atoms with Crippen molar-refractivity contribution in [3.8, 4) is 45.3 Å². The van der Waals surface area contributed by atoms with Gasteiger partial charge in [0.15, 0.2) is 0 Å². The molecule has 8 heteroatoms. The van der Waals surface area contributed by atoms with Gasteiger partial charge in [0.25, 0.3) is 0 Å². The average Bonchev–Trinajstić information content (AvgIpc) is 4.07. The van der Waals surface area contributed by atoms with E-state index < -0.39 is 11.2 Å². The Balaban J connectivity index is 1.49. The smallest absolute Gasteiger partial charge is 0.141 e. The van der Waals surface area contributed by atoms with Gasteiger partial charge >= 0.3 is 0 Å². The number of hydrogen-bond donors (Lipinski definition) is 2. The van der Waals surface area contributed by atoms with Gasteiger partial charge in [-0.3, -0.25) is 0 Å². The van der Waals surface area contributed by atoms with E-state index in [4.69, 9.17) is 18.9 Å². The fourth-order valence-electron chi connectivity index (χ4n) is 7.78. The average molecular weight is 909 g/mol. The summed E-state index contributed by atoms with van der Waals surface area (Å²) in [6.45, 7) is 19.4. The molecular formula is C57H64O6S2. The zero-order valence-electron chi connectivity index (χ0n) is 39.0. The molecule has 340 valence electrons. The van der Waals surface area contributed by atoms with Crippen LogP contribution in [-0.2, 0) is 11.2 Å². The van der Waals surface area contributed by atoms with Gasteiger partial charge in [0.05, 0.1) is 26.4 Å². The molecule has 0 aliphatic heterocycles. The van der Waals surface area contributed by atoms with Gasteiger partial charge in [0.1, 0.15) is 34.2 Å². The lowest BCUT2D eigenvalue weighted by molar-refractivity contribution is 0.122. The summed E-state index contributed by atoms with van der Waals surface area (Å²) in [4.78, 5) is 0. The van der Waals surface area contributed by atoms with Crippen molar-refractivity contribution in [3.63, 3.8) is 0 Å². The van der Waals surface area contributed by atoms with E-state index in [1.807, 2.05) is 108 Å². The van der Waals surface area contributed by atoms with Crippen LogP contribution in [0.15, 0.2) is 143 Å². The molecule has 0 saturated carbocycles. The van der Waals surface area contributed by atoms with Crippen LogP contribution in [0.2, 0.25) is 0 Å². The maximum absolute atomic E-state index is 13.9. The van der Waals surface area contributed by atoms with Gasteiger partial charge in [0.2, 0.25) is 0 Å². The first kappa shape index (κ1) is 47.6. The molecule has 0 radical (unpaired) electrons. The minimum atomic E-state index is -1.67. The zero-order valence-corrected chi connectivity index (χ0v) is 40.7. The predicted molar refractivity (Wildman–Crippen MR) is 269 cm³/mol. The van der Waals surface area contributed by atoms with Crippen LogP contribution in [0.1, 0.15) is 95.2 Å². The standard InChI is InChI=1S/C57H64O6S2/c1-9-41(8)35-63-51-24-16-47(17-25-51)57(59,46-14-22-50(23-15-46)62-34-40(6)7)55-31-52(42-26-28-64-36-42)54(30-53(55)43-27-29-65-37-43)56(58,44-10-18-48(19-11-44)60-32-38(2)3)45-12-20-49(21-13-45)61-33-39(4)5/h10-31,36-41,58-59H,9,32-35H2,1-8H3. The highest BCUT2D eigenvalue weighted by Gasteiger charge is 2.42. The minimum Gasteiger partial charge on any atom is -0.493 e. The highest BCUT2D eigenvalue weighted by Crippen LogP contribution is 2.50. The van der Waals surface area contributed by atoms with E-state index in [1.165, 1.54) is 0 Å². The first-order valence-electron chi connectivity index (χ1n) is 22.9. The van der Waals surface area contributed by atoms with E-state index in [0.29, 0.717) is 83.5 Å². The second-order valence-electron chi connectivity index (χ2n) is 18.4. The Hall–Kier alpha value is -5.38. The molecule has 7 aromatic rings. The Morgan fingerprint density at radius 2 is 0.723 bits per heavy atom. The van der Waals surface area contributed by atoms with Gasteiger partial charge in [-0.05, 0) is 162 Å². The first-order valence-corrected chi connectivity index (χ1v) is 24.8. The predicted octanol–water partition coefficient (Wildman–Crippen LogP) is 14.2. The van der Waals surface area contributed by atoms with Crippen molar-refractivity contribution in [1.29, 1.82) is 0 Å². The largest absolute Gasteiger partial charge is 0.493 e. The molecule has 0 spiro atoms. The number of benzene rings is 5. The lowest BCUT2D eigenvalue weighted by Gasteiger charge is -2.36. The van der Waals surface area contributed by atoms with Crippen molar-refractivity contribution in [1.82, 2.24) is 0 Å². The molecule has 2 heterocycles. The minimum absolute atomic E-state index is 0.362. The van der Waals surface area contributed by atoms with Crippen LogP contribution in [0, 0.1) is 23.7 Å². The molecule has 65 heavy (non-hydrogen) atoms. The fraction of sp³-hybridized carbons (Fsp3) is 0.333. The third-order valence-electron chi connectivity index (χ3n) is 11.7. The van der Waals surface area contributed by atoms with E-state index in [2.05, 4.69) is 90.4 Å². The molecule has 6 nitrogen and oxygen atoms in total. The number of aliphatic hydroxyl groups is 2. The van der Waals surface area contributed by atoms with Gasteiger partial charge in [-0.15, -0.1) is 0 Å². The van der Waals surface area contributed by atoms with Gasteiger partial charge < -0.3 is 29.2 Å². The summed E-state index contributed by atoms with van der Waals surface area (Å²) in [6.07, 6.45) is 1.02. The van der Waals surface area contributed by atoms with Crippen LogP contribution >= 0.6 is 22.7 Å². The van der Waals surface area contributed by atoms with Crippen LogP contribution in [0.4, 0.5) is 0 Å². The Bertz CT molecular complexity index is 2470. The molecule has 7 rings (SSSR count). The molecule has 0 amide bonds. The lowest BCUT2D eigenvalue weighted by Crippen LogP contribution is -2.32. The van der Waals surface area contributed by atoms with Crippen LogP contribution in [-0.4, -0.2) is 36.6 Å². The Kier molecular flexibility index (Phi) is 15.6. The number of ether oxygens (including phenoxy) is 4. The van der Waals surface area contributed by atoms with Crippen molar-refractivity contribution in [3.05, 3.63) is 176 Å². The topological polar surface area (TPSA) is 77.4 Å². The van der Waals surface area contributed by atoms with Crippen LogP contribution in [0.5, 0.6) is 23.0 Å². The summed E-state index contributed by atoms with van der Waals surface area (Å²) < 4.78 is 24.6. The van der Waals surface area contributed by atoms with Gasteiger partial charge in [-0.25, -0.2) is 0 Å². The summed E-state index contributed by atoms with van der Waals surface area (Å²) in [5.41, 5.74) is 4.10. The molecule has 0 fully saturated rings. The second kappa shape index (κ2) is 21.3. The van der Waals surface area contributed by atoms with Crippen molar-refractivity contribution in [2.75, 3.05) is 26.4 Å².